The fraction of sp³-hybridized carbons (Fsp3) is 0.393. The number of para-hydroxylation sites is 1. The van der Waals surface area contributed by atoms with Gasteiger partial charge < -0.3 is 31.5 Å². The van der Waals surface area contributed by atoms with Crippen molar-refractivity contribution in [1.29, 1.82) is 0 Å². The molecule has 2 unspecified atom stereocenters. The van der Waals surface area contributed by atoms with Crippen LogP contribution in [0.3, 0.4) is 0 Å². The molecule has 1 heterocycles. The molecule has 3 aromatic rings. The van der Waals surface area contributed by atoms with Crippen molar-refractivity contribution in [3.8, 4) is 0 Å². The van der Waals surface area contributed by atoms with E-state index >= 15 is 0 Å². The van der Waals surface area contributed by atoms with Crippen LogP contribution in [0.1, 0.15) is 31.9 Å². The fourth-order valence-corrected chi connectivity index (χ4v) is 3.67. The molecule has 1 aromatic heterocycles. The normalized spacial score (nSPS) is 12.7. The van der Waals surface area contributed by atoms with Gasteiger partial charge >= 0.3 is 0 Å². The first-order valence-corrected chi connectivity index (χ1v) is 12.2. The molecule has 0 saturated heterocycles. The minimum Gasteiger partial charge on any atom is -0.361 e. The first kappa shape index (κ1) is 28.7. The van der Waals surface area contributed by atoms with Crippen molar-refractivity contribution < 1.29 is 14.4 Å². The lowest BCUT2D eigenvalue weighted by Gasteiger charge is -2.20. The molecule has 0 aliphatic heterocycles. The zero-order valence-electron chi connectivity index (χ0n) is 21.6. The second-order valence-corrected chi connectivity index (χ2v) is 9.37. The van der Waals surface area contributed by atoms with E-state index in [1.54, 1.807) is 20.9 Å². The molecule has 3 rings (SSSR count). The summed E-state index contributed by atoms with van der Waals surface area (Å²) < 4.78 is 0. The topological polar surface area (TPSA) is 129 Å². The molecule has 8 heteroatoms. The average molecular weight is 494 g/mol. The Hall–Kier alpha value is -3.49. The summed E-state index contributed by atoms with van der Waals surface area (Å²) in [4.78, 5) is 38.3. The number of likely N-dealkylation sites (N-methyl/N-ethyl adjacent to an activating group) is 1. The number of nitrogens with two attached hydrogens (primary N) is 1. The van der Waals surface area contributed by atoms with Crippen LogP contribution in [-0.4, -0.2) is 54.8 Å². The molecule has 0 radical (unpaired) electrons. The van der Waals surface area contributed by atoms with E-state index in [0.29, 0.717) is 32.2 Å². The maximum atomic E-state index is 12.9. The zero-order valence-corrected chi connectivity index (χ0v) is 21.6. The summed E-state index contributed by atoms with van der Waals surface area (Å²) in [7, 11) is 1.78. The molecule has 0 aliphatic rings. The number of carbonyl (C=O) groups excluding carboxylic acids is 3. The molecular formula is C28H39N5O3. The van der Waals surface area contributed by atoms with Crippen LogP contribution >= 0.6 is 0 Å². The number of rotatable bonds is 11. The fourth-order valence-electron chi connectivity index (χ4n) is 3.67. The number of fused-ring (bicyclic) bond motifs is 1. The number of aromatic nitrogens is 1. The van der Waals surface area contributed by atoms with Crippen molar-refractivity contribution in [3.05, 3.63) is 71.9 Å². The van der Waals surface area contributed by atoms with Crippen molar-refractivity contribution in [2.45, 2.75) is 45.2 Å². The molecular weight excluding hydrogens is 454 g/mol. The first-order chi connectivity index (χ1) is 17.2. The van der Waals surface area contributed by atoms with E-state index in [4.69, 9.17) is 5.73 Å². The Morgan fingerprint density at radius 1 is 1.00 bits per heavy atom. The Kier molecular flexibility index (Phi) is 11.3. The van der Waals surface area contributed by atoms with Gasteiger partial charge in [-0.2, -0.15) is 0 Å². The van der Waals surface area contributed by atoms with Gasteiger partial charge in [-0.25, -0.2) is 0 Å². The molecule has 2 aromatic carbocycles. The predicted octanol–water partition coefficient (Wildman–Crippen LogP) is 2.33. The third-order valence-electron chi connectivity index (χ3n) is 5.64. The third kappa shape index (κ3) is 9.28. The monoisotopic (exact) mass is 493 g/mol. The highest BCUT2D eigenvalue weighted by Gasteiger charge is 2.23. The van der Waals surface area contributed by atoms with Gasteiger partial charge in [0.2, 0.25) is 11.8 Å². The van der Waals surface area contributed by atoms with E-state index in [1.165, 1.54) is 0 Å². The Bertz CT molecular complexity index is 1110. The minimum absolute atomic E-state index is 0.0423. The largest absolute Gasteiger partial charge is 0.361 e. The zero-order chi connectivity index (χ0) is 26.6. The van der Waals surface area contributed by atoms with Crippen LogP contribution < -0.4 is 21.7 Å². The molecule has 0 bridgehead atoms. The summed E-state index contributed by atoms with van der Waals surface area (Å²) in [5, 5.41) is 10.1. The summed E-state index contributed by atoms with van der Waals surface area (Å²) in [5.41, 5.74) is 7.75. The molecule has 194 valence electrons. The number of carbonyl (C=O) groups is 3. The third-order valence-corrected chi connectivity index (χ3v) is 5.64. The molecule has 0 aliphatic carbocycles. The summed E-state index contributed by atoms with van der Waals surface area (Å²) in [6, 6.07) is 17.5. The highest BCUT2D eigenvalue weighted by molar-refractivity contribution is 5.86. The van der Waals surface area contributed by atoms with E-state index in [-0.39, 0.29) is 23.8 Å². The maximum Gasteiger partial charge on any atom is 0.237 e. The van der Waals surface area contributed by atoms with Crippen molar-refractivity contribution in [2.75, 3.05) is 20.1 Å². The number of amides is 2. The number of nitrogens with one attached hydrogen (secondary N) is 4. The lowest BCUT2D eigenvalue weighted by atomic mass is 9.98. The van der Waals surface area contributed by atoms with Crippen molar-refractivity contribution in [3.63, 3.8) is 0 Å². The standard InChI is InChI=1S/C24H30N4O2.C4H9NO/c1-3-26-23(29)19(13-17-9-5-4-6-10-17)16-28-24(30)22(25-2)14-18-15-27-21-12-8-7-11-20(18)21;1-4(2,5)3-6/h4-12,15,19,22,25,27H,3,13-14,16H2,1-2H3,(H,26,29)(H,28,30);3H,5H2,1-2H3. The molecule has 0 saturated carbocycles. The quantitative estimate of drug-likeness (QED) is 0.262. The Balaban J connectivity index is 0.000000678. The van der Waals surface area contributed by atoms with Crippen LogP contribution in [0.25, 0.3) is 10.9 Å². The van der Waals surface area contributed by atoms with E-state index < -0.39 is 5.54 Å². The van der Waals surface area contributed by atoms with Crippen LogP contribution in [0.2, 0.25) is 0 Å². The van der Waals surface area contributed by atoms with Crippen molar-refractivity contribution in [1.82, 2.24) is 20.9 Å². The molecule has 0 fully saturated rings. The number of hydrogen-bond acceptors (Lipinski definition) is 5. The summed E-state index contributed by atoms with van der Waals surface area (Å²) in [5.74, 6) is -0.466. The van der Waals surface area contributed by atoms with Crippen LogP contribution in [0.4, 0.5) is 0 Å². The molecule has 2 amide bonds. The summed E-state index contributed by atoms with van der Waals surface area (Å²) >= 11 is 0. The SMILES string of the molecule is CC(C)(N)C=O.CCNC(=O)C(CNC(=O)C(Cc1c[nH]c2ccccc12)NC)Cc1ccccc1. The van der Waals surface area contributed by atoms with Crippen LogP contribution in [0, 0.1) is 5.92 Å². The average Bonchev–Trinajstić information content (AvgIpc) is 3.28. The van der Waals surface area contributed by atoms with E-state index in [2.05, 4.69) is 27.0 Å². The number of H-pyrrole nitrogens is 1. The van der Waals surface area contributed by atoms with Gasteiger partial charge in [0.15, 0.2) is 0 Å². The van der Waals surface area contributed by atoms with Gasteiger partial charge in [0.25, 0.3) is 0 Å². The number of hydrogen-bond donors (Lipinski definition) is 5. The lowest BCUT2D eigenvalue weighted by molar-refractivity contribution is -0.126. The van der Waals surface area contributed by atoms with Crippen molar-refractivity contribution >= 4 is 29.0 Å². The van der Waals surface area contributed by atoms with Gasteiger partial charge in [0, 0.05) is 30.2 Å². The molecule has 8 nitrogen and oxygen atoms in total. The van der Waals surface area contributed by atoms with E-state index in [0.717, 1.165) is 22.0 Å². The predicted molar refractivity (Wildman–Crippen MR) is 145 cm³/mol. The van der Waals surface area contributed by atoms with Crippen molar-refractivity contribution in [2.24, 2.45) is 11.7 Å². The number of benzene rings is 2. The Morgan fingerprint density at radius 3 is 2.25 bits per heavy atom. The van der Waals surface area contributed by atoms with Gasteiger partial charge in [0.05, 0.1) is 17.5 Å². The number of aromatic amines is 1. The number of aldehydes is 1. The highest BCUT2D eigenvalue weighted by atomic mass is 16.2. The van der Waals surface area contributed by atoms with E-state index in [9.17, 15) is 14.4 Å². The lowest BCUT2D eigenvalue weighted by Crippen LogP contribution is -2.47. The molecule has 36 heavy (non-hydrogen) atoms. The summed E-state index contributed by atoms with van der Waals surface area (Å²) in [6.45, 7) is 6.07. The highest BCUT2D eigenvalue weighted by Crippen LogP contribution is 2.19. The van der Waals surface area contributed by atoms with Gasteiger partial charge in [-0.3, -0.25) is 9.59 Å². The van der Waals surface area contributed by atoms with Gasteiger partial charge in [0.1, 0.15) is 6.29 Å². The first-order valence-electron chi connectivity index (χ1n) is 12.2. The maximum absolute atomic E-state index is 12.9. The van der Waals surface area contributed by atoms with Gasteiger partial charge in [-0.15, -0.1) is 0 Å². The van der Waals surface area contributed by atoms with Crippen LogP contribution in [0.5, 0.6) is 0 Å². The smallest absolute Gasteiger partial charge is 0.237 e. The second-order valence-electron chi connectivity index (χ2n) is 9.37. The van der Waals surface area contributed by atoms with Gasteiger partial charge in [-0.1, -0.05) is 48.5 Å². The van der Waals surface area contributed by atoms with Gasteiger partial charge in [-0.05, 0) is 57.9 Å². The Labute approximate surface area is 213 Å². The van der Waals surface area contributed by atoms with Crippen LogP contribution in [-0.2, 0) is 27.2 Å². The molecule has 0 spiro atoms. The second kappa shape index (κ2) is 14.2. The molecule has 2 atom stereocenters. The molecule has 6 N–H and O–H groups in total. The Morgan fingerprint density at radius 2 is 1.64 bits per heavy atom. The van der Waals surface area contributed by atoms with Crippen LogP contribution in [0.15, 0.2) is 60.8 Å². The van der Waals surface area contributed by atoms with E-state index in [1.807, 2.05) is 61.7 Å². The minimum atomic E-state index is -0.639. The summed E-state index contributed by atoms with van der Waals surface area (Å²) in [6.07, 6.45) is 3.82.